The average molecular weight is 447 g/mol. The van der Waals surface area contributed by atoms with E-state index >= 15 is 4.39 Å². The van der Waals surface area contributed by atoms with Crippen LogP contribution in [-0.4, -0.2) is 43.6 Å². The first kappa shape index (κ1) is 22.3. The lowest BCUT2D eigenvalue weighted by Gasteiger charge is -2.33. The highest BCUT2D eigenvalue weighted by Gasteiger charge is 2.32. The van der Waals surface area contributed by atoms with Gasteiger partial charge in [-0.1, -0.05) is 5.57 Å². The molecule has 1 saturated heterocycles. The molecule has 0 radical (unpaired) electrons. The maximum Gasteiger partial charge on any atom is 0.343 e. The molecule has 1 aliphatic heterocycles. The molecule has 2 aliphatic rings. The second-order valence-electron chi connectivity index (χ2n) is 8.16. The zero-order valence-corrected chi connectivity index (χ0v) is 18.2. The second-order valence-corrected chi connectivity index (χ2v) is 8.16. The number of benzene rings is 1. The number of hydrogen-bond acceptors (Lipinski definition) is 6. The molecular formula is C23H27F2N3O4. The molecule has 0 bridgehead atoms. The molecule has 1 atom stereocenters. The van der Waals surface area contributed by atoms with Crippen LogP contribution in [0, 0.1) is 5.82 Å². The van der Waals surface area contributed by atoms with Crippen molar-refractivity contribution in [3.8, 4) is 5.75 Å². The van der Waals surface area contributed by atoms with Crippen LogP contribution in [0.2, 0.25) is 0 Å². The third kappa shape index (κ3) is 4.09. The molecule has 9 heteroatoms. The number of alkyl halides is 1. The fourth-order valence-electron chi connectivity index (χ4n) is 4.38. The van der Waals surface area contributed by atoms with Gasteiger partial charge in [0.25, 0.3) is 0 Å². The summed E-state index contributed by atoms with van der Waals surface area (Å²) in [6.45, 7) is 2.64. The summed E-state index contributed by atoms with van der Waals surface area (Å²) >= 11 is 0. The Kier molecular flexibility index (Phi) is 6.19. The van der Waals surface area contributed by atoms with Crippen LogP contribution in [-0.2, 0) is 4.74 Å². The molecule has 1 aromatic heterocycles. The zero-order valence-electron chi connectivity index (χ0n) is 18.2. The fraction of sp³-hybridized carbons (Fsp3) is 0.478. The summed E-state index contributed by atoms with van der Waals surface area (Å²) in [5.74, 6) is -1.14. The van der Waals surface area contributed by atoms with Crippen LogP contribution in [0.5, 0.6) is 5.75 Å². The molecule has 2 heterocycles. The van der Waals surface area contributed by atoms with E-state index < -0.39 is 23.5 Å². The number of esters is 1. The van der Waals surface area contributed by atoms with Crippen molar-refractivity contribution in [2.24, 2.45) is 5.73 Å². The minimum atomic E-state index is -1.57. The average Bonchev–Trinajstić information content (AvgIpc) is 3.58. The zero-order chi connectivity index (χ0) is 23.0. The molecule has 32 heavy (non-hydrogen) atoms. The maximum atomic E-state index is 15.4. The molecule has 0 amide bonds. The minimum Gasteiger partial charge on any atom is -0.492 e. The van der Waals surface area contributed by atoms with E-state index in [9.17, 15) is 14.0 Å². The standard InChI is InChI=1S/C23H27F2N3O4/c1-3-32-23(30)16-12-28(14-6-7-14)19-15(21(16)29)10-17(24)20(22(19)31-2)27-8-4-5-13(11-27)9-18(25)26/h9-10,12,14,18H,3-8,11,26H2,1-2H3. The third-order valence-electron chi connectivity index (χ3n) is 5.87. The van der Waals surface area contributed by atoms with E-state index in [1.807, 2.05) is 4.57 Å². The van der Waals surface area contributed by atoms with Crippen molar-refractivity contribution in [2.45, 2.75) is 44.9 Å². The lowest BCUT2D eigenvalue weighted by atomic mass is 10.0. The number of rotatable bonds is 6. The Morgan fingerprint density at radius 3 is 2.78 bits per heavy atom. The number of carbonyl (C=O) groups excluding carboxylic acids is 1. The molecule has 2 aromatic rings. The third-order valence-corrected chi connectivity index (χ3v) is 5.87. The number of anilines is 1. The molecule has 2 fully saturated rings. The number of methoxy groups -OCH3 is 1. The number of nitrogens with zero attached hydrogens (tertiary/aromatic N) is 2. The topological polar surface area (TPSA) is 86.8 Å². The number of hydrogen-bond donors (Lipinski definition) is 1. The molecule has 1 unspecified atom stereocenters. The van der Waals surface area contributed by atoms with Crippen molar-refractivity contribution in [3.63, 3.8) is 0 Å². The molecule has 4 rings (SSSR count). The maximum absolute atomic E-state index is 15.4. The Morgan fingerprint density at radius 2 is 2.16 bits per heavy atom. The van der Waals surface area contributed by atoms with Gasteiger partial charge < -0.3 is 18.9 Å². The van der Waals surface area contributed by atoms with Gasteiger partial charge in [0, 0.05) is 25.3 Å². The molecule has 1 aromatic carbocycles. The summed E-state index contributed by atoms with van der Waals surface area (Å²) in [5, 5.41) is 0.0686. The van der Waals surface area contributed by atoms with Crippen molar-refractivity contribution >= 4 is 22.6 Å². The molecule has 7 nitrogen and oxygen atoms in total. The molecule has 0 spiro atoms. The minimum absolute atomic E-state index is 0.0686. The molecule has 172 valence electrons. The molecule has 1 saturated carbocycles. The van der Waals surface area contributed by atoms with Crippen LogP contribution in [0.25, 0.3) is 10.9 Å². The van der Waals surface area contributed by atoms with Gasteiger partial charge in [0.15, 0.2) is 17.9 Å². The normalized spacial score (nSPS) is 18.8. The first-order valence-electron chi connectivity index (χ1n) is 10.8. The van der Waals surface area contributed by atoms with Crippen LogP contribution in [0.15, 0.2) is 28.7 Å². The van der Waals surface area contributed by atoms with Crippen LogP contribution >= 0.6 is 0 Å². The summed E-state index contributed by atoms with van der Waals surface area (Å²) in [4.78, 5) is 27.3. The van der Waals surface area contributed by atoms with E-state index in [2.05, 4.69) is 0 Å². The number of ether oxygens (including phenoxy) is 2. The van der Waals surface area contributed by atoms with E-state index in [-0.39, 0.29) is 35.0 Å². The second kappa shape index (κ2) is 8.90. The molecular weight excluding hydrogens is 420 g/mol. The van der Waals surface area contributed by atoms with E-state index in [4.69, 9.17) is 15.2 Å². The summed E-state index contributed by atoms with van der Waals surface area (Å²) in [5.41, 5.74) is 6.00. The Bertz CT molecular complexity index is 1140. The van der Waals surface area contributed by atoms with E-state index in [0.717, 1.165) is 24.5 Å². The highest BCUT2D eigenvalue weighted by Crippen LogP contribution is 2.44. The van der Waals surface area contributed by atoms with Gasteiger partial charge in [-0.3, -0.25) is 10.5 Å². The van der Waals surface area contributed by atoms with E-state index in [1.54, 1.807) is 11.8 Å². The van der Waals surface area contributed by atoms with Gasteiger partial charge in [0.1, 0.15) is 11.3 Å². The Balaban J connectivity index is 1.92. The first-order chi connectivity index (χ1) is 15.3. The van der Waals surface area contributed by atoms with Gasteiger partial charge in [-0.15, -0.1) is 0 Å². The number of halogens is 2. The van der Waals surface area contributed by atoms with Gasteiger partial charge in [-0.25, -0.2) is 13.6 Å². The number of fused-ring (bicyclic) bond motifs is 1. The van der Waals surface area contributed by atoms with Crippen LogP contribution in [0.4, 0.5) is 14.5 Å². The van der Waals surface area contributed by atoms with Crippen LogP contribution < -0.4 is 20.8 Å². The fourth-order valence-corrected chi connectivity index (χ4v) is 4.38. The van der Waals surface area contributed by atoms with Crippen molar-refractivity contribution in [2.75, 3.05) is 31.7 Å². The number of carbonyl (C=O) groups is 1. The highest BCUT2D eigenvalue weighted by molar-refractivity contribution is 5.97. The van der Waals surface area contributed by atoms with Gasteiger partial charge >= 0.3 is 5.97 Å². The quantitative estimate of drug-likeness (QED) is 0.415. The van der Waals surface area contributed by atoms with Crippen molar-refractivity contribution in [1.29, 1.82) is 0 Å². The van der Waals surface area contributed by atoms with Gasteiger partial charge in [0.05, 0.1) is 24.6 Å². The number of piperidine rings is 1. The summed E-state index contributed by atoms with van der Waals surface area (Å²) < 4.78 is 41.3. The lowest BCUT2D eigenvalue weighted by molar-refractivity contribution is 0.0524. The first-order valence-corrected chi connectivity index (χ1v) is 10.8. The summed E-state index contributed by atoms with van der Waals surface area (Å²) in [6.07, 6.45) is 4.41. The van der Waals surface area contributed by atoms with Gasteiger partial charge in [0.2, 0.25) is 5.43 Å². The number of nitrogens with two attached hydrogens (primary N) is 1. The predicted octanol–water partition coefficient (Wildman–Crippen LogP) is 3.44. The van der Waals surface area contributed by atoms with Crippen molar-refractivity contribution < 1.29 is 23.0 Å². The number of aromatic nitrogens is 1. The van der Waals surface area contributed by atoms with E-state index in [0.29, 0.717) is 31.4 Å². The SMILES string of the molecule is CCOC(=O)c1cn(C2CC2)c2c(OC)c(N3CCCC(=CC(N)F)C3)c(F)cc2c1=O. The molecule has 1 aliphatic carbocycles. The highest BCUT2D eigenvalue weighted by atomic mass is 19.1. The Hall–Kier alpha value is -2.94. The van der Waals surface area contributed by atoms with Crippen LogP contribution in [0.3, 0.4) is 0 Å². The monoisotopic (exact) mass is 447 g/mol. The van der Waals surface area contributed by atoms with Crippen molar-refractivity contribution in [1.82, 2.24) is 4.57 Å². The van der Waals surface area contributed by atoms with Gasteiger partial charge in [-0.2, -0.15) is 0 Å². The lowest BCUT2D eigenvalue weighted by Crippen LogP contribution is -2.33. The van der Waals surface area contributed by atoms with Crippen LogP contribution in [0.1, 0.15) is 49.0 Å². The molecule has 2 N–H and O–H groups in total. The Morgan fingerprint density at radius 1 is 1.41 bits per heavy atom. The summed E-state index contributed by atoms with van der Waals surface area (Å²) in [7, 11) is 1.43. The summed E-state index contributed by atoms with van der Waals surface area (Å²) in [6, 6.07) is 1.25. The largest absolute Gasteiger partial charge is 0.492 e. The van der Waals surface area contributed by atoms with Gasteiger partial charge in [-0.05, 0) is 44.7 Å². The van der Waals surface area contributed by atoms with Crippen molar-refractivity contribution in [3.05, 3.63) is 45.5 Å². The van der Waals surface area contributed by atoms with E-state index in [1.165, 1.54) is 19.4 Å². The number of pyridine rings is 1. The Labute approximate surface area is 184 Å². The predicted molar refractivity (Wildman–Crippen MR) is 118 cm³/mol. The smallest absolute Gasteiger partial charge is 0.343 e.